The van der Waals surface area contributed by atoms with E-state index in [1.165, 1.54) is 11.8 Å². The van der Waals surface area contributed by atoms with Gasteiger partial charge in [0.05, 0.1) is 23.9 Å². The molecule has 0 bridgehead atoms. The summed E-state index contributed by atoms with van der Waals surface area (Å²) in [6.07, 6.45) is 1.68. The molecule has 0 radical (unpaired) electrons. The molecule has 124 valence electrons. The summed E-state index contributed by atoms with van der Waals surface area (Å²) in [6, 6.07) is 7.50. The van der Waals surface area contributed by atoms with Crippen molar-refractivity contribution in [3.05, 3.63) is 30.6 Å². The van der Waals surface area contributed by atoms with E-state index in [2.05, 4.69) is 10.1 Å². The number of carboxylic acids is 1. The number of benzene rings is 1. The lowest BCUT2D eigenvalue weighted by atomic mass is 10.2. The summed E-state index contributed by atoms with van der Waals surface area (Å²) in [4.78, 5) is 16.2. The molecule has 1 aromatic heterocycles. The first-order chi connectivity index (χ1) is 10.9. The molecule has 0 fully saturated rings. The van der Waals surface area contributed by atoms with E-state index in [1.54, 1.807) is 24.9 Å². The molecule has 0 saturated heterocycles. The molecular formula is C16H20N3O3S-. The van der Waals surface area contributed by atoms with Crippen LogP contribution >= 0.6 is 11.8 Å². The van der Waals surface area contributed by atoms with Crippen LogP contribution in [0.3, 0.4) is 0 Å². The zero-order valence-corrected chi connectivity index (χ0v) is 14.3. The predicted molar refractivity (Wildman–Crippen MR) is 86.9 cm³/mol. The van der Waals surface area contributed by atoms with Gasteiger partial charge in [0.2, 0.25) is 0 Å². The fourth-order valence-corrected chi connectivity index (χ4v) is 2.79. The number of hydrogen-bond donors (Lipinski definition) is 0. The van der Waals surface area contributed by atoms with Gasteiger partial charge in [0.1, 0.15) is 6.33 Å². The van der Waals surface area contributed by atoms with Crippen LogP contribution in [-0.4, -0.2) is 38.7 Å². The van der Waals surface area contributed by atoms with Crippen LogP contribution in [0.1, 0.15) is 20.8 Å². The minimum absolute atomic E-state index is 0.604. The second-order valence-electron chi connectivity index (χ2n) is 5.45. The monoisotopic (exact) mass is 334 g/mol. The number of aromatic nitrogens is 3. The summed E-state index contributed by atoms with van der Waals surface area (Å²) in [6.45, 7) is 7.16. The highest BCUT2D eigenvalue weighted by Gasteiger charge is 2.20. The van der Waals surface area contributed by atoms with E-state index >= 15 is 0 Å². The maximum atomic E-state index is 11.1. The van der Waals surface area contributed by atoms with E-state index in [-0.39, 0.29) is 0 Å². The summed E-state index contributed by atoms with van der Waals surface area (Å²) < 4.78 is 6.06. The first-order valence-electron chi connectivity index (χ1n) is 7.40. The Morgan fingerprint density at radius 2 is 2.04 bits per heavy atom. The lowest BCUT2D eigenvalue weighted by Gasteiger charge is -2.24. The Balaban J connectivity index is 2.03. The van der Waals surface area contributed by atoms with Gasteiger partial charge in [-0.3, -0.25) is 4.68 Å². The normalized spacial score (nSPS) is 11.6. The highest BCUT2D eigenvalue weighted by molar-refractivity contribution is 8.01. The molecule has 2 rings (SSSR count). The summed E-state index contributed by atoms with van der Waals surface area (Å²) >= 11 is 1.25. The number of nitrogens with zero attached hydrogens (tertiary/aromatic N) is 3. The van der Waals surface area contributed by atoms with Gasteiger partial charge in [-0.15, -0.1) is 11.8 Å². The predicted octanol–water partition coefficient (Wildman–Crippen LogP) is 1.60. The van der Waals surface area contributed by atoms with E-state index in [0.29, 0.717) is 25.6 Å². The van der Waals surface area contributed by atoms with Crippen LogP contribution in [0.4, 0.5) is 0 Å². The molecule has 0 aliphatic rings. The topological polar surface area (TPSA) is 80.1 Å². The molecule has 23 heavy (non-hydrogen) atoms. The van der Waals surface area contributed by atoms with Gasteiger partial charge in [0.25, 0.3) is 0 Å². The van der Waals surface area contributed by atoms with Crippen LogP contribution in [0.25, 0.3) is 11.4 Å². The minimum atomic E-state index is -1.08. The molecule has 0 aliphatic carbocycles. The Hall–Kier alpha value is -1.86. The Morgan fingerprint density at radius 1 is 1.35 bits per heavy atom. The Bertz CT molecular complexity index is 653. The molecule has 0 amide bonds. The first kappa shape index (κ1) is 17.5. The molecule has 7 heteroatoms. The number of carboxylic acid groups (broad SMARTS) is 1. The number of carbonyl (C=O) groups is 1. The van der Waals surface area contributed by atoms with Crippen LogP contribution in [0, 0.1) is 0 Å². The first-order valence-corrected chi connectivity index (χ1v) is 8.22. The molecule has 0 saturated carbocycles. The van der Waals surface area contributed by atoms with Gasteiger partial charge in [-0.25, -0.2) is 4.98 Å². The molecule has 0 aliphatic heterocycles. The van der Waals surface area contributed by atoms with Gasteiger partial charge in [0, 0.05) is 17.1 Å². The smallest absolute Gasteiger partial charge is 0.181 e. The van der Waals surface area contributed by atoms with Crippen molar-refractivity contribution in [1.29, 1.82) is 0 Å². The molecule has 2 aromatic rings. The van der Waals surface area contributed by atoms with Gasteiger partial charge in [-0.2, -0.15) is 5.10 Å². The number of ether oxygens (including phenoxy) is 1. The molecule has 0 unspecified atom stereocenters. The molecule has 6 nitrogen and oxygen atoms in total. The van der Waals surface area contributed by atoms with Crippen LogP contribution < -0.4 is 5.11 Å². The average Bonchev–Trinajstić information content (AvgIpc) is 2.96. The van der Waals surface area contributed by atoms with Crippen LogP contribution in [0.2, 0.25) is 0 Å². The second kappa shape index (κ2) is 7.61. The lowest BCUT2D eigenvalue weighted by molar-refractivity contribution is -0.308. The number of thioether (sulfide) groups is 1. The summed E-state index contributed by atoms with van der Waals surface area (Å²) in [5.41, 5.74) is 0.885. The largest absolute Gasteiger partial charge is 0.549 e. The molecule has 0 N–H and O–H groups in total. The molecule has 1 heterocycles. The summed E-state index contributed by atoms with van der Waals surface area (Å²) in [5, 5.41) is 15.5. The van der Waals surface area contributed by atoms with E-state index < -0.39 is 10.7 Å². The Labute approximate surface area is 139 Å². The summed E-state index contributed by atoms with van der Waals surface area (Å²) in [5.74, 6) is -0.446. The minimum Gasteiger partial charge on any atom is -0.549 e. The van der Waals surface area contributed by atoms with Crippen LogP contribution in [-0.2, 0) is 16.1 Å². The number of aliphatic carboxylic acids is 1. The number of hydrogen-bond acceptors (Lipinski definition) is 6. The number of rotatable bonds is 8. The fourth-order valence-electron chi connectivity index (χ4n) is 1.85. The van der Waals surface area contributed by atoms with Crippen molar-refractivity contribution >= 4 is 17.7 Å². The second-order valence-corrected chi connectivity index (χ2v) is 7.15. The van der Waals surface area contributed by atoms with Crippen LogP contribution in [0.15, 0.2) is 35.5 Å². The molecule has 1 aromatic carbocycles. The molecular weight excluding hydrogens is 314 g/mol. The van der Waals surface area contributed by atoms with Crippen molar-refractivity contribution in [2.45, 2.75) is 37.0 Å². The SMILES string of the molecule is CCOCCn1cnc(-c2ccc(SC(C)(C)C(=O)[O-])cc2)n1. The van der Waals surface area contributed by atoms with Crippen molar-refractivity contribution in [3.8, 4) is 11.4 Å². The van der Waals surface area contributed by atoms with Crippen LogP contribution in [0.5, 0.6) is 0 Å². The quantitative estimate of drug-likeness (QED) is 0.539. The third-order valence-corrected chi connectivity index (χ3v) is 4.37. The highest BCUT2D eigenvalue weighted by Crippen LogP contribution is 2.32. The van der Waals surface area contributed by atoms with Crippen molar-refractivity contribution in [3.63, 3.8) is 0 Å². The molecule has 0 spiro atoms. The van der Waals surface area contributed by atoms with Gasteiger partial charge < -0.3 is 14.6 Å². The summed E-state index contributed by atoms with van der Waals surface area (Å²) in [7, 11) is 0. The van der Waals surface area contributed by atoms with E-state index in [4.69, 9.17) is 4.74 Å². The van der Waals surface area contributed by atoms with E-state index in [0.717, 1.165) is 10.5 Å². The highest BCUT2D eigenvalue weighted by atomic mass is 32.2. The van der Waals surface area contributed by atoms with Crippen molar-refractivity contribution in [1.82, 2.24) is 14.8 Å². The van der Waals surface area contributed by atoms with Crippen molar-refractivity contribution < 1.29 is 14.6 Å². The van der Waals surface area contributed by atoms with Crippen molar-refractivity contribution in [2.24, 2.45) is 0 Å². The maximum Gasteiger partial charge on any atom is 0.181 e. The molecule has 0 atom stereocenters. The standard InChI is InChI=1S/C16H21N3O3S/c1-4-22-10-9-19-11-17-14(18-19)12-5-7-13(8-6-12)23-16(2,3)15(20)21/h5-8,11H,4,9-10H2,1-3H3,(H,20,21)/p-1. The van der Waals surface area contributed by atoms with Gasteiger partial charge in [-0.1, -0.05) is 12.1 Å². The van der Waals surface area contributed by atoms with Gasteiger partial charge >= 0.3 is 0 Å². The Morgan fingerprint density at radius 3 is 2.65 bits per heavy atom. The Kier molecular flexibility index (Phi) is 5.79. The number of carbonyl (C=O) groups excluding carboxylic acids is 1. The van der Waals surface area contributed by atoms with Gasteiger partial charge in [-0.05, 0) is 32.9 Å². The fraction of sp³-hybridized carbons (Fsp3) is 0.438. The van der Waals surface area contributed by atoms with E-state index in [1.807, 2.05) is 31.2 Å². The zero-order valence-electron chi connectivity index (χ0n) is 13.5. The third-order valence-electron chi connectivity index (χ3n) is 3.18. The van der Waals surface area contributed by atoms with Crippen molar-refractivity contribution in [2.75, 3.05) is 13.2 Å². The van der Waals surface area contributed by atoms with Gasteiger partial charge in [0.15, 0.2) is 5.82 Å². The zero-order chi connectivity index (χ0) is 16.9. The average molecular weight is 334 g/mol. The van der Waals surface area contributed by atoms with E-state index in [9.17, 15) is 9.90 Å². The lowest BCUT2D eigenvalue weighted by Crippen LogP contribution is -2.40. The third kappa shape index (κ3) is 4.80. The maximum absolute atomic E-state index is 11.1.